The fourth-order valence-electron chi connectivity index (χ4n) is 4.56. The van der Waals surface area contributed by atoms with E-state index in [0.717, 1.165) is 60.1 Å². The molecule has 0 spiro atoms. The minimum atomic E-state index is -0.519. The Kier molecular flexibility index (Phi) is 8.53. The lowest BCUT2D eigenvalue weighted by atomic mass is 10.0. The van der Waals surface area contributed by atoms with Crippen molar-refractivity contribution in [3.8, 4) is 5.75 Å². The van der Waals surface area contributed by atoms with Crippen molar-refractivity contribution in [2.75, 3.05) is 26.2 Å². The molecule has 1 heterocycles. The third-order valence-electron chi connectivity index (χ3n) is 6.69. The first-order valence-corrected chi connectivity index (χ1v) is 12.4. The molecule has 0 aromatic heterocycles. The van der Waals surface area contributed by atoms with E-state index in [4.69, 9.17) is 9.94 Å². The summed E-state index contributed by atoms with van der Waals surface area (Å²) >= 11 is 0. The summed E-state index contributed by atoms with van der Waals surface area (Å²) in [6.45, 7) is 7.95. The Balaban J connectivity index is 1.47. The number of ether oxygens (including phenoxy) is 1. The van der Waals surface area contributed by atoms with E-state index in [-0.39, 0.29) is 0 Å². The molecule has 35 heavy (non-hydrogen) atoms. The van der Waals surface area contributed by atoms with Crippen molar-refractivity contribution in [2.45, 2.75) is 38.8 Å². The summed E-state index contributed by atoms with van der Waals surface area (Å²) in [5, 5.41) is 14.9. The second-order valence-corrected chi connectivity index (χ2v) is 9.42. The van der Waals surface area contributed by atoms with Gasteiger partial charge in [0.1, 0.15) is 12.4 Å². The molecular formula is C29H35N3O3. The van der Waals surface area contributed by atoms with Crippen LogP contribution in [0.4, 0.5) is 0 Å². The molecule has 1 amide bonds. The third kappa shape index (κ3) is 6.69. The molecule has 1 saturated heterocycles. The standard InChI is InChI=1S/C29H35N3O3/c1-21(2)32-16-14-26(15-17-32)30-19-23(18-22-10-12-25(13-11-22)29(33)31-34)20-35-28-9-5-7-24-6-3-4-8-27(24)28/h3-13,18,21,26,30,34H,14-17,19-20H2,1-2H3,(H,31,33)/b23-18+. The van der Waals surface area contributed by atoms with Gasteiger partial charge in [0.25, 0.3) is 5.91 Å². The number of hydrogen-bond acceptors (Lipinski definition) is 5. The van der Waals surface area contributed by atoms with E-state index < -0.39 is 5.91 Å². The Morgan fingerprint density at radius 2 is 1.77 bits per heavy atom. The van der Waals surface area contributed by atoms with Gasteiger partial charge in [0, 0.05) is 29.6 Å². The average Bonchev–Trinajstić information content (AvgIpc) is 2.90. The molecule has 3 N–H and O–H groups in total. The molecule has 184 valence electrons. The summed E-state index contributed by atoms with van der Waals surface area (Å²) in [5.41, 5.74) is 4.19. The molecule has 6 nitrogen and oxygen atoms in total. The van der Waals surface area contributed by atoms with E-state index in [1.807, 2.05) is 36.4 Å². The van der Waals surface area contributed by atoms with Gasteiger partial charge in [0.15, 0.2) is 0 Å². The summed E-state index contributed by atoms with van der Waals surface area (Å²) in [4.78, 5) is 14.2. The Morgan fingerprint density at radius 3 is 2.49 bits per heavy atom. The van der Waals surface area contributed by atoms with E-state index >= 15 is 0 Å². The quantitative estimate of drug-likeness (QED) is 0.305. The number of amides is 1. The van der Waals surface area contributed by atoms with Gasteiger partial charge >= 0.3 is 0 Å². The second-order valence-electron chi connectivity index (χ2n) is 9.42. The number of hydroxylamine groups is 1. The normalized spacial score (nSPS) is 15.5. The number of hydrogen-bond donors (Lipinski definition) is 3. The fourth-order valence-corrected chi connectivity index (χ4v) is 4.56. The van der Waals surface area contributed by atoms with E-state index in [0.29, 0.717) is 24.3 Å². The number of piperidine rings is 1. The number of fused-ring (bicyclic) bond motifs is 1. The van der Waals surface area contributed by atoms with E-state index in [1.54, 1.807) is 17.6 Å². The van der Waals surface area contributed by atoms with Crippen LogP contribution in [-0.4, -0.2) is 54.3 Å². The van der Waals surface area contributed by atoms with Gasteiger partial charge < -0.3 is 15.0 Å². The van der Waals surface area contributed by atoms with Crippen LogP contribution in [0.2, 0.25) is 0 Å². The zero-order valence-corrected chi connectivity index (χ0v) is 20.5. The zero-order valence-electron chi connectivity index (χ0n) is 20.5. The highest BCUT2D eigenvalue weighted by atomic mass is 16.5. The van der Waals surface area contributed by atoms with Crippen molar-refractivity contribution >= 4 is 22.8 Å². The van der Waals surface area contributed by atoms with Crippen LogP contribution in [-0.2, 0) is 0 Å². The number of rotatable bonds is 9. The number of benzene rings is 3. The van der Waals surface area contributed by atoms with Crippen molar-refractivity contribution in [1.29, 1.82) is 0 Å². The van der Waals surface area contributed by atoms with Crippen molar-refractivity contribution in [3.63, 3.8) is 0 Å². The Bertz CT molecular complexity index is 1140. The predicted molar refractivity (Wildman–Crippen MR) is 141 cm³/mol. The Labute approximate surface area is 207 Å². The van der Waals surface area contributed by atoms with Gasteiger partial charge in [-0.15, -0.1) is 0 Å². The minimum Gasteiger partial charge on any atom is -0.489 e. The van der Waals surface area contributed by atoms with Crippen molar-refractivity contribution in [1.82, 2.24) is 15.7 Å². The highest BCUT2D eigenvalue weighted by Gasteiger charge is 2.20. The average molecular weight is 474 g/mol. The van der Waals surface area contributed by atoms with E-state index in [1.165, 1.54) is 0 Å². The molecule has 0 bridgehead atoms. The highest BCUT2D eigenvalue weighted by Crippen LogP contribution is 2.26. The second kappa shape index (κ2) is 12.0. The van der Waals surface area contributed by atoms with Gasteiger partial charge in [-0.2, -0.15) is 0 Å². The summed E-state index contributed by atoms with van der Waals surface area (Å²) in [5.74, 6) is 0.351. The van der Waals surface area contributed by atoms with E-state index in [2.05, 4.69) is 48.3 Å². The molecular weight excluding hydrogens is 438 g/mol. The lowest BCUT2D eigenvalue weighted by Gasteiger charge is -2.35. The SMILES string of the molecule is CC(C)N1CCC(NC/C(=C\c2ccc(C(=O)NO)cc2)COc2cccc3ccccc23)CC1. The first-order chi connectivity index (χ1) is 17.0. The summed E-state index contributed by atoms with van der Waals surface area (Å²) in [7, 11) is 0. The zero-order chi connectivity index (χ0) is 24.6. The molecule has 4 rings (SSSR count). The maximum Gasteiger partial charge on any atom is 0.274 e. The van der Waals surface area contributed by atoms with Gasteiger partial charge in [-0.05, 0) is 74.5 Å². The number of carbonyl (C=O) groups is 1. The van der Waals surface area contributed by atoms with Crippen LogP contribution >= 0.6 is 0 Å². The van der Waals surface area contributed by atoms with Gasteiger partial charge in [-0.3, -0.25) is 10.0 Å². The summed E-state index contributed by atoms with van der Waals surface area (Å²) in [6, 6.07) is 22.6. The van der Waals surface area contributed by atoms with Crippen LogP contribution in [0, 0.1) is 0 Å². The molecule has 0 unspecified atom stereocenters. The van der Waals surface area contributed by atoms with Gasteiger partial charge in [0.05, 0.1) is 0 Å². The van der Waals surface area contributed by atoms with Gasteiger partial charge in [-0.25, -0.2) is 5.48 Å². The van der Waals surface area contributed by atoms with Gasteiger partial charge in [-0.1, -0.05) is 54.6 Å². The molecule has 6 heteroatoms. The monoisotopic (exact) mass is 473 g/mol. The summed E-state index contributed by atoms with van der Waals surface area (Å²) < 4.78 is 6.31. The lowest BCUT2D eigenvalue weighted by Crippen LogP contribution is -2.45. The van der Waals surface area contributed by atoms with Crippen LogP contribution in [0.3, 0.4) is 0 Å². The molecule has 3 aromatic rings. The van der Waals surface area contributed by atoms with Crippen molar-refractivity contribution < 1.29 is 14.7 Å². The molecule has 0 saturated carbocycles. The Morgan fingerprint density at radius 1 is 1.06 bits per heavy atom. The maximum absolute atomic E-state index is 11.6. The fraction of sp³-hybridized carbons (Fsp3) is 0.345. The molecule has 1 aliphatic rings. The minimum absolute atomic E-state index is 0.410. The third-order valence-corrected chi connectivity index (χ3v) is 6.69. The van der Waals surface area contributed by atoms with Crippen LogP contribution in [0.25, 0.3) is 16.8 Å². The number of nitrogens with zero attached hydrogens (tertiary/aromatic N) is 1. The van der Waals surface area contributed by atoms with Crippen LogP contribution in [0.15, 0.2) is 72.3 Å². The largest absolute Gasteiger partial charge is 0.489 e. The predicted octanol–water partition coefficient (Wildman–Crippen LogP) is 4.88. The molecule has 1 fully saturated rings. The van der Waals surface area contributed by atoms with Crippen LogP contribution in [0.1, 0.15) is 42.6 Å². The number of likely N-dealkylation sites (tertiary alicyclic amines) is 1. The first kappa shape index (κ1) is 24.9. The maximum atomic E-state index is 11.6. The first-order valence-electron chi connectivity index (χ1n) is 12.4. The number of carbonyl (C=O) groups excluding carboxylic acids is 1. The van der Waals surface area contributed by atoms with E-state index in [9.17, 15) is 4.79 Å². The molecule has 1 aliphatic heterocycles. The number of nitrogens with one attached hydrogen (secondary N) is 2. The lowest BCUT2D eigenvalue weighted by molar-refractivity contribution is 0.0706. The van der Waals surface area contributed by atoms with Crippen molar-refractivity contribution in [3.05, 3.63) is 83.4 Å². The molecule has 0 atom stereocenters. The Hall–Kier alpha value is -3.19. The highest BCUT2D eigenvalue weighted by molar-refractivity contribution is 5.93. The molecule has 0 radical (unpaired) electrons. The molecule has 3 aromatic carbocycles. The smallest absolute Gasteiger partial charge is 0.274 e. The van der Waals surface area contributed by atoms with Crippen LogP contribution in [0.5, 0.6) is 5.75 Å². The topological polar surface area (TPSA) is 73.8 Å². The summed E-state index contributed by atoms with van der Waals surface area (Å²) in [6.07, 6.45) is 4.39. The van der Waals surface area contributed by atoms with Gasteiger partial charge in [0.2, 0.25) is 0 Å². The van der Waals surface area contributed by atoms with Crippen molar-refractivity contribution in [2.24, 2.45) is 0 Å². The molecule has 0 aliphatic carbocycles. The van der Waals surface area contributed by atoms with Crippen LogP contribution < -0.4 is 15.5 Å².